The zero-order chi connectivity index (χ0) is 10.8. The average molecular weight is 204 g/mol. The number of hydrogen-bond donors (Lipinski definition) is 2. The van der Waals surface area contributed by atoms with E-state index in [0.29, 0.717) is 0 Å². The van der Waals surface area contributed by atoms with Crippen molar-refractivity contribution in [3.8, 4) is 0 Å². The first-order valence-electron chi connectivity index (χ1n) is 4.72. The zero-order valence-electron chi connectivity index (χ0n) is 8.38. The topological polar surface area (TPSA) is 76.4 Å². The van der Waals surface area contributed by atoms with Crippen molar-refractivity contribution in [2.24, 2.45) is 10.9 Å². The van der Waals surface area contributed by atoms with Gasteiger partial charge in [0.15, 0.2) is 0 Å². The second-order valence-electron chi connectivity index (χ2n) is 3.19. The van der Waals surface area contributed by atoms with Crippen LogP contribution in [-0.2, 0) is 6.42 Å². The fourth-order valence-electron chi connectivity index (χ4n) is 1.61. The summed E-state index contributed by atoms with van der Waals surface area (Å²) in [4.78, 5) is 0. The molecule has 0 aliphatic carbocycles. The van der Waals surface area contributed by atoms with Gasteiger partial charge in [0, 0.05) is 5.39 Å². The van der Waals surface area contributed by atoms with E-state index in [9.17, 15) is 0 Å². The second kappa shape index (κ2) is 3.61. The first-order valence-corrected chi connectivity index (χ1v) is 4.72. The van der Waals surface area contributed by atoms with E-state index in [1.807, 2.05) is 31.2 Å². The van der Waals surface area contributed by atoms with Gasteiger partial charge in [0.05, 0.1) is 11.2 Å². The Morgan fingerprint density at radius 1 is 1.53 bits per heavy atom. The van der Waals surface area contributed by atoms with Crippen LogP contribution in [0.4, 0.5) is 0 Å². The number of aryl methyl sites for hydroxylation is 1. The molecule has 0 atom stereocenters. The van der Waals surface area contributed by atoms with Gasteiger partial charge in [-0.1, -0.05) is 25.1 Å². The number of rotatable bonds is 1. The lowest BCUT2D eigenvalue weighted by Gasteiger charge is -1.98. The van der Waals surface area contributed by atoms with Gasteiger partial charge in [-0.15, -0.1) is 0 Å². The minimum absolute atomic E-state index is 0.0223. The van der Waals surface area contributed by atoms with E-state index in [2.05, 4.69) is 10.3 Å². The summed E-state index contributed by atoms with van der Waals surface area (Å²) in [7, 11) is 0. The molecule has 1 heterocycles. The van der Waals surface area contributed by atoms with Crippen LogP contribution in [0, 0.1) is 0 Å². The zero-order valence-corrected chi connectivity index (χ0v) is 8.38. The van der Waals surface area contributed by atoms with Crippen LogP contribution < -0.4 is 5.73 Å². The predicted octanol–water partition coefficient (Wildman–Crippen LogP) is 1.15. The fraction of sp³-hybridized carbons (Fsp3) is 0.200. The van der Waals surface area contributed by atoms with Gasteiger partial charge in [-0.25, -0.2) is 0 Å². The van der Waals surface area contributed by atoms with Crippen molar-refractivity contribution in [3.05, 3.63) is 30.0 Å². The maximum Gasteiger partial charge on any atom is 0.258 e. The van der Waals surface area contributed by atoms with E-state index in [4.69, 9.17) is 10.9 Å². The fourth-order valence-corrected chi connectivity index (χ4v) is 1.61. The van der Waals surface area contributed by atoms with Crippen molar-refractivity contribution in [3.63, 3.8) is 0 Å². The minimum atomic E-state index is -0.0223. The molecule has 1 aromatic carbocycles. The highest BCUT2D eigenvalue weighted by molar-refractivity contribution is 5.92. The summed E-state index contributed by atoms with van der Waals surface area (Å²) in [5.74, 6) is -0.0223. The van der Waals surface area contributed by atoms with Crippen LogP contribution in [0.2, 0.25) is 0 Å². The van der Waals surface area contributed by atoms with Crippen molar-refractivity contribution in [1.29, 1.82) is 0 Å². The quantitative estimate of drug-likeness (QED) is 0.316. The molecule has 0 bridgehead atoms. The first-order chi connectivity index (χ1) is 7.27. The molecule has 0 saturated carbocycles. The van der Waals surface area contributed by atoms with E-state index in [0.717, 1.165) is 23.0 Å². The van der Waals surface area contributed by atoms with Gasteiger partial charge in [-0.05, 0) is 17.6 Å². The molecule has 2 aromatic rings. The SMILES string of the molecule is CCc1nn(/C(N)=N/O)c2ccccc12. The molecule has 2 rings (SSSR count). The highest BCUT2D eigenvalue weighted by Crippen LogP contribution is 2.18. The van der Waals surface area contributed by atoms with Gasteiger partial charge in [0.1, 0.15) is 0 Å². The Kier molecular flexibility index (Phi) is 2.29. The summed E-state index contributed by atoms with van der Waals surface area (Å²) in [5, 5.41) is 16.9. The third kappa shape index (κ3) is 1.41. The summed E-state index contributed by atoms with van der Waals surface area (Å²) in [6, 6.07) is 7.70. The molecule has 0 spiro atoms. The number of nitrogens with two attached hydrogens (primary N) is 1. The van der Waals surface area contributed by atoms with Gasteiger partial charge in [-0.3, -0.25) is 0 Å². The van der Waals surface area contributed by atoms with Crippen LogP contribution in [0.5, 0.6) is 0 Å². The Hall–Kier alpha value is -2.04. The number of hydrogen-bond acceptors (Lipinski definition) is 3. The smallest absolute Gasteiger partial charge is 0.258 e. The third-order valence-electron chi connectivity index (χ3n) is 2.32. The van der Waals surface area contributed by atoms with Gasteiger partial charge in [-0.2, -0.15) is 9.78 Å². The molecular weight excluding hydrogens is 192 g/mol. The van der Waals surface area contributed by atoms with Gasteiger partial charge in [0.25, 0.3) is 5.96 Å². The summed E-state index contributed by atoms with van der Waals surface area (Å²) < 4.78 is 1.44. The number of fused-ring (bicyclic) bond motifs is 1. The maximum absolute atomic E-state index is 8.63. The van der Waals surface area contributed by atoms with E-state index in [-0.39, 0.29) is 5.96 Å². The normalized spacial score (nSPS) is 12.2. The molecule has 0 amide bonds. The number of para-hydroxylation sites is 1. The highest BCUT2D eigenvalue weighted by Gasteiger charge is 2.10. The third-order valence-corrected chi connectivity index (χ3v) is 2.32. The first kappa shape index (κ1) is 9.51. The van der Waals surface area contributed by atoms with Gasteiger partial charge >= 0.3 is 0 Å². The van der Waals surface area contributed by atoms with Crippen molar-refractivity contribution in [1.82, 2.24) is 9.78 Å². The van der Waals surface area contributed by atoms with E-state index >= 15 is 0 Å². The molecule has 78 valence electrons. The number of oxime groups is 1. The minimum Gasteiger partial charge on any atom is -0.408 e. The molecule has 3 N–H and O–H groups in total. The molecule has 5 heteroatoms. The van der Waals surface area contributed by atoms with Crippen molar-refractivity contribution < 1.29 is 5.21 Å². The van der Waals surface area contributed by atoms with E-state index in [1.54, 1.807) is 0 Å². The summed E-state index contributed by atoms with van der Waals surface area (Å²) >= 11 is 0. The predicted molar refractivity (Wildman–Crippen MR) is 57.9 cm³/mol. The van der Waals surface area contributed by atoms with E-state index in [1.165, 1.54) is 4.68 Å². The summed E-state index contributed by atoms with van der Waals surface area (Å²) in [6.07, 6.45) is 0.812. The average Bonchev–Trinajstić information content (AvgIpc) is 2.67. The lowest BCUT2D eigenvalue weighted by atomic mass is 10.2. The van der Waals surface area contributed by atoms with Crippen molar-refractivity contribution in [2.45, 2.75) is 13.3 Å². The van der Waals surface area contributed by atoms with E-state index < -0.39 is 0 Å². The maximum atomic E-state index is 8.63. The van der Waals surface area contributed by atoms with Crippen molar-refractivity contribution in [2.75, 3.05) is 0 Å². The number of aromatic nitrogens is 2. The molecular formula is C10H12N4O. The summed E-state index contributed by atoms with van der Waals surface area (Å²) in [5.41, 5.74) is 7.32. The number of benzene rings is 1. The molecule has 0 aliphatic heterocycles. The molecule has 0 saturated heterocycles. The largest absolute Gasteiger partial charge is 0.408 e. The van der Waals surface area contributed by atoms with Gasteiger partial charge in [0.2, 0.25) is 0 Å². The van der Waals surface area contributed by atoms with Crippen LogP contribution in [0.25, 0.3) is 10.9 Å². The Labute approximate surface area is 86.8 Å². The lowest BCUT2D eigenvalue weighted by molar-refractivity contribution is 0.315. The van der Waals surface area contributed by atoms with Crippen LogP contribution >= 0.6 is 0 Å². The summed E-state index contributed by atoms with van der Waals surface area (Å²) in [6.45, 7) is 2.02. The van der Waals surface area contributed by atoms with Crippen molar-refractivity contribution >= 4 is 16.9 Å². The highest BCUT2D eigenvalue weighted by atomic mass is 16.4. The molecule has 0 aliphatic rings. The molecule has 5 nitrogen and oxygen atoms in total. The Balaban J connectivity index is 2.76. The van der Waals surface area contributed by atoms with Gasteiger partial charge < -0.3 is 10.9 Å². The molecule has 0 radical (unpaired) electrons. The second-order valence-corrected chi connectivity index (χ2v) is 3.19. The lowest BCUT2D eigenvalue weighted by Crippen LogP contribution is -2.23. The molecule has 1 aromatic heterocycles. The molecule has 0 unspecified atom stereocenters. The Morgan fingerprint density at radius 3 is 2.93 bits per heavy atom. The van der Waals surface area contributed by atoms with Crippen LogP contribution in [0.1, 0.15) is 12.6 Å². The molecule has 15 heavy (non-hydrogen) atoms. The monoisotopic (exact) mass is 204 g/mol. The molecule has 0 fully saturated rings. The number of nitrogens with zero attached hydrogens (tertiary/aromatic N) is 3. The standard InChI is InChI=1S/C10H12N4O/c1-2-8-7-5-3-4-6-9(7)14(12-8)10(11)13-15/h3-6,15H,2H2,1H3,(H2,11,13). The van der Waals surface area contributed by atoms with Crippen LogP contribution in [-0.4, -0.2) is 20.9 Å². The Morgan fingerprint density at radius 2 is 2.27 bits per heavy atom. The Bertz CT molecular complexity index is 515. The van der Waals surface area contributed by atoms with Crippen LogP contribution in [0.3, 0.4) is 0 Å². The van der Waals surface area contributed by atoms with Crippen LogP contribution in [0.15, 0.2) is 29.4 Å².